The van der Waals surface area contributed by atoms with Crippen LogP contribution < -0.4 is 0 Å². The Morgan fingerprint density at radius 3 is 2.17 bits per heavy atom. The Morgan fingerprint density at radius 1 is 0.886 bits per heavy atom. The number of hydrogen-bond acceptors (Lipinski definition) is 2. The zero-order valence-electron chi connectivity index (χ0n) is 23.1. The normalized spacial score (nSPS) is 52.1. The van der Waals surface area contributed by atoms with Crippen molar-refractivity contribution in [1.82, 2.24) is 0 Å². The molecule has 0 aromatic carbocycles. The smallest absolute Gasteiger partial charge is 0.281 e. The molecule has 0 aliphatic heterocycles. The Labute approximate surface area is 213 Å². The lowest BCUT2D eigenvalue weighted by atomic mass is 9.31. The molecule has 0 radical (unpaired) electrons. The van der Waals surface area contributed by atoms with Gasteiger partial charge < -0.3 is 4.85 Å². The summed E-state index contributed by atoms with van der Waals surface area (Å²) in [5.41, 5.74) is -0.658. The minimum absolute atomic E-state index is 0.0161. The third-order valence-electron chi connectivity index (χ3n) is 13.2. The van der Waals surface area contributed by atoms with Gasteiger partial charge in [0.25, 0.3) is 6.04 Å². The fourth-order valence-electron chi connectivity index (χ4n) is 11.0. The lowest BCUT2D eigenvalue weighted by Gasteiger charge is -2.72. The van der Waals surface area contributed by atoms with E-state index in [0.717, 1.165) is 44.9 Å². The Hall–Kier alpha value is -1.61. The first kappa shape index (κ1) is 25.1. The summed E-state index contributed by atoms with van der Waals surface area (Å²) < 4.78 is 0. The van der Waals surface area contributed by atoms with Gasteiger partial charge in [0.2, 0.25) is 5.78 Å². The summed E-state index contributed by atoms with van der Waals surface area (Å²) in [4.78, 5) is 31.4. The van der Waals surface area contributed by atoms with E-state index in [1.807, 2.05) is 0 Å². The number of nitrogens with zero attached hydrogens (tertiary/aromatic N) is 1. The SMILES string of the molecule is [C-]#[N+]C1C[C@]2(C)[C@H]3CC(=O)[C@@H]4[C@@H]5CC(C)(C)CC[C@]5(C#C)CC[C@@]4(C)[C@]3(C)CC[C@H]2C(C)(C)C1=O. The molecule has 1 unspecified atom stereocenters. The van der Waals surface area contributed by atoms with Crippen LogP contribution in [0.4, 0.5) is 0 Å². The second-order valence-electron chi connectivity index (χ2n) is 15.3. The highest BCUT2D eigenvalue weighted by atomic mass is 16.1. The Morgan fingerprint density at radius 2 is 1.54 bits per heavy atom. The molecule has 0 aromatic heterocycles. The van der Waals surface area contributed by atoms with Crippen LogP contribution >= 0.6 is 0 Å². The molecule has 5 aliphatic carbocycles. The molecular weight excluding hydrogens is 430 g/mol. The van der Waals surface area contributed by atoms with Crippen molar-refractivity contribution >= 4 is 11.6 Å². The molecule has 5 rings (SSSR count). The second-order valence-corrected chi connectivity index (χ2v) is 15.3. The number of fused-ring (bicyclic) bond motifs is 7. The van der Waals surface area contributed by atoms with E-state index in [4.69, 9.17) is 13.0 Å². The van der Waals surface area contributed by atoms with Gasteiger partial charge >= 0.3 is 0 Å². The molecule has 0 N–H and O–H groups in total. The van der Waals surface area contributed by atoms with Gasteiger partial charge in [-0.25, -0.2) is 6.57 Å². The molecule has 5 aliphatic rings. The van der Waals surface area contributed by atoms with Crippen LogP contribution in [0.15, 0.2) is 0 Å². The average Bonchev–Trinajstić information content (AvgIpc) is 2.77. The number of carbonyl (C=O) groups excluding carboxylic acids is 2. The molecule has 190 valence electrons. The van der Waals surface area contributed by atoms with Crippen molar-refractivity contribution < 1.29 is 9.59 Å². The van der Waals surface area contributed by atoms with Gasteiger partial charge in [-0.15, -0.1) is 6.42 Å². The minimum atomic E-state index is -0.575. The van der Waals surface area contributed by atoms with Crippen LogP contribution in [0.5, 0.6) is 0 Å². The highest BCUT2D eigenvalue weighted by Gasteiger charge is 2.73. The summed E-state index contributed by atoms with van der Waals surface area (Å²) in [5.74, 6) is 4.56. The lowest BCUT2D eigenvalue weighted by molar-refractivity contribution is -0.229. The molecule has 0 heterocycles. The Balaban J connectivity index is 1.61. The maximum absolute atomic E-state index is 14.4. The van der Waals surface area contributed by atoms with Crippen LogP contribution in [0.3, 0.4) is 0 Å². The van der Waals surface area contributed by atoms with E-state index in [1.54, 1.807) is 0 Å². The van der Waals surface area contributed by atoms with Gasteiger partial charge in [-0.2, -0.15) is 0 Å². The van der Waals surface area contributed by atoms with Crippen molar-refractivity contribution in [1.29, 1.82) is 0 Å². The Kier molecular flexibility index (Phi) is 5.18. The van der Waals surface area contributed by atoms with Crippen LogP contribution in [-0.2, 0) is 9.59 Å². The number of carbonyl (C=O) groups is 2. The first-order chi connectivity index (χ1) is 16.1. The summed E-state index contributed by atoms with van der Waals surface area (Å²) in [5, 5.41) is 0. The van der Waals surface area contributed by atoms with Gasteiger partial charge in [0, 0.05) is 29.6 Å². The van der Waals surface area contributed by atoms with Crippen molar-refractivity contribution in [2.75, 3.05) is 0 Å². The van der Waals surface area contributed by atoms with E-state index in [0.29, 0.717) is 18.6 Å². The van der Waals surface area contributed by atoms with E-state index in [-0.39, 0.29) is 56.5 Å². The predicted octanol–water partition coefficient (Wildman–Crippen LogP) is 7.15. The van der Waals surface area contributed by atoms with Gasteiger partial charge in [-0.05, 0) is 84.4 Å². The third-order valence-corrected chi connectivity index (χ3v) is 13.2. The summed E-state index contributed by atoms with van der Waals surface area (Å²) in [6.07, 6.45) is 14.8. The molecule has 9 atom stereocenters. The van der Waals surface area contributed by atoms with Gasteiger partial charge in [-0.3, -0.25) is 9.59 Å². The zero-order chi connectivity index (χ0) is 25.8. The summed E-state index contributed by atoms with van der Waals surface area (Å²) in [6.45, 7) is 23.9. The number of terminal acetylenes is 1. The molecule has 5 fully saturated rings. The second kappa shape index (κ2) is 7.24. The molecule has 3 heteroatoms. The lowest BCUT2D eigenvalue weighted by Crippen LogP contribution is -2.69. The molecular formula is C32H45NO2. The molecule has 35 heavy (non-hydrogen) atoms. The largest absolute Gasteiger partial charge is 0.305 e. The molecule has 0 bridgehead atoms. The minimum Gasteiger partial charge on any atom is -0.305 e. The van der Waals surface area contributed by atoms with Crippen LogP contribution in [0.1, 0.15) is 106 Å². The molecule has 0 spiro atoms. The standard InChI is InChI=1S/C32H45NO2/c1-10-32-15-13-27(2,3)18-20(32)25-22(34)17-24-29(6)19-21(33-9)26(35)28(4,5)23(29)11-12-30(24,7)31(25,8)14-16-32/h1,20-21,23-25H,11-19H2,2-8H3/t20-,21?,23-,24+,25-,29-,30+,31+,32+/m0/s1. The van der Waals surface area contributed by atoms with Crippen molar-refractivity contribution in [3.8, 4) is 12.3 Å². The average molecular weight is 476 g/mol. The molecule has 3 nitrogen and oxygen atoms in total. The van der Waals surface area contributed by atoms with Crippen molar-refractivity contribution in [2.24, 2.45) is 56.2 Å². The van der Waals surface area contributed by atoms with Crippen LogP contribution in [0.2, 0.25) is 0 Å². The van der Waals surface area contributed by atoms with Crippen LogP contribution in [0.25, 0.3) is 4.85 Å². The number of hydrogen-bond donors (Lipinski definition) is 0. The zero-order valence-corrected chi connectivity index (χ0v) is 23.1. The predicted molar refractivity (Wildman–Crippen MR) is 139 cm³/mol. The first-order valence-electron chi connectivity index (χ1n) is 14.0. The van der Waals surface area contributed by atoms with Gasteiger partial charge in [-0.1, -0.05) is 54.4 Å². The van der Waals surface area contributed by atoms with Crippen molar-refractivity contribution in [3.63, 3.8) is 0 Å². The first-order valence-corrected chi connectivity index (χ1v) is 14.0. The van der Waals surface area contributed by atoms with E-state index in [1.165, 1.54) is 0 Å². The van der Waals surface area contributed by atoms with Crippen molar-refractivity contribution in [2.45, 2.75) is 112 Å². The quantitative estimate of drug-likeness (QED) is 0.276. The number of rotatable bonds is 0. The molecule has 5 saturated carbocycles. The monoisotopic (exact) mass is 475 g/mol. The summed E-state index contributed by atoms with van der Waals surface area (Å²) in [6, 6.07) is -0.575. The Bertz CT molecular complexity index is 1060. The van der Waals surface area contributed by atoms with Gasteiger partial charge in [0.05, 0.1) is 0 Å². The summed E-state index contributed by atoms with van der Waals surface area (Å²) >= 11 is 0. The maximum Gasteiger partial charge on any atom is 0.281 e. The topological polar surface area (TPSA) is 38.5 Å². The van der Waals surface area contributed by atoms with E-state index < -0.39 is 11.5 Å². The van der Waals surface area contributed by atoms with E-state index in [9.17, 15) is 9.59 Å². The van der Waals surface area contributed by atoms with Crippen LogP contribution in [-0.4, -0.2) is 17.6 Å². The highest BCUT2D eigenvalue weighted by molar-refractivity contribution is 5.92. The van der Waals surface area contributed by atoms with Crippen LogP contribution in [0, 0.1) is 75.1 Å². The molecule has 0 amide bonds. The summed E-state index contributed by atoms with van der Waals surface area (Å²) in [7, 11) is 0. The maximum atomic E-state index is 14.4. The van der Waals surface area contributed by atoms with Crippen molar-refractivity contribution in [3.05, 3.63) is 11.4 Å². The fourth-order valence-corrected chi connectivity index (χ4v) is 11.0. The molecule has 0 saturated heterocycles. The van der Waals surface area contributed by atoms with E-state index in [2.05, 4.69) is 59.2 Å². The van der Waals surface area contributed by atoms with Gasteiger partial charge in [0.1, 0.15) is 5.78 Å². The van der Waals surface area contributed by atoms with E-state index >= 15 is 0 Å². The number of Topliss-reactive ketones (excluding diaryl/α,β-unsaturated/α-hetero) is 2. The third kappa shape index (κ3) is 2.97. The highest BCUT2D eigenvalue weighted by Crippen LogP contribution is 2.76. The van der Waals surface area contributed by atoms with Gasteiger partial charge in [0.15, 0.2) is 0 Å². The molecule has 0 aromatic rings. The fraction of sp³-hybridized carbons (Fsp3) is 0.844. The number of ketones is 2.